The number of nitrogens with one attached hydrogen (secondary N) is 1. The normalized spacial score (nSPS) is 26.0. The van der Waals surface area contributed by atoms with Crippen LogP contribution in [0, 0.1) is 17.7 Å². The van der Waals surface area contributed by atoms with Crippen LogP contribution in [0.1, 0.15) is 37.7 Å². The molecule has 0 aromatic heterocycles. The van der Waals surface area contributed by atoms with Crippen LogP contribution >= 0.6 is 0 Å². The first-order valence-electron chi connectivity index (χ1n) is 9.04. The highest BCUT2D eigenvalue weighted by Gasteiger charge is 2.39. The van der Waals surface area contributed by atoms with E-state index in [9.17, 15) is 14.0 Å². The number of likely N-dealkylation sites (tertiary alicyclic amines) is 1. The third-order valence-electron chi connectivity index (χ3n) is 5.62. The van der Waals surface area contributed by atoms with Crippen LogP contribution in [0.15, 0.2) is 24.3 Å². The van der Waals surface area contributed by atoms with Crippen LogP contribution < -0.4 is 5.32 Å². The summed E-state index contributed by atoms with van der Waals surface area (Å²) < 4.78 is 12.9. The van der Waals surface area contributed by atoms with Crippen LogP contribution in [-0.2, 0) is 11.2 Å². The average molecular weight is 348 g/mol. The van der Waals surface area contributed by atoms with Crippen molar-refractivity contribution >= 4 is 12.0 Å². The molecule has 1 aliphatic carbocycles. The maximum absolute atomic E-state index is 12.9. The molecule has 1 aliphatic heterocycles. The van der Waals surface area contributed by atoms with E-state index in [1.807, 2.05) is 4.90 Å². The van der Waals surface area contributed by atoms with Crippen LogP contribution in [-0.4, -0.2) is 41.1 Å². The van der Waals surface area contributed by atoms with Crippen molar-refractivity contribution in [2.24, 2.45) is 11.8 Å². The predicted octanol–water partition coefficient (Wildman–Crippen LogP) is 3.04. The Hall–Kier alpha value is -2.11. The van der Waals surface area contributed by atoms with Crippen molar-refractivity contribution < 1.29 is 19.1 Å². The lowest BCUT2D eigenvalue weighted by Gasteiger charge is -2.45. The van der Waals surface area contributed by atoms with Crippen molar-refractivity contribution in [3.05, 3.63) is 35.6 Å². The highest BCUT2D eigenvalue weighted by atomic mass is 19.1. The van der Waals surface area contributed by atoms with E-state index in [0.29, 0.717) is 25.3 Å². The molecule has 1 saturated carbocycles. The molecule has 0 radical (unpaired) electrons. The number of carboxylic acid groups (broad SMARTS) is 1. The molecule has 1 heterocycles. The molecule has 2 amide bonds. The van der Waals surface area contributed by atoms with Crippen LogP contribution in [0.25, 0.3) is 0 Å². The van der Waals surface area contributed by atoms with Gasteiger partial charge in [0.25, 0.3) is 0 Å². The number of aryl methyl sites for hydroxylation is 1. The quantitative estimate of drug-likeness (QED) is 0.879. The summed E-state index contributed by atoms with van der Waals surface area (Å²) >= 11 is 0. The van der Waals surface area contributed by atoms with E-state index < -0.39 is 6.09 Å². The van der Waals surface area contributed by atoms with Gasteiger partial charge in [-0.2, -0.15) is 0 Å². The van der Waals surface area contributed by atoms with E-state index in [1.165, 1.54) is 12.1 Å². The Morgan fingerprint density at radius 2 is 1.96 bits per heavy atom. The van der Waals surface area contributed by atoms with Gasteiger partial charge in [0.2, 0.25) is 5.91 Å². The number of carbonyl (C=O) groups excluding carboxylic acids is 1. The maximum Gasteiger partial charge on any atom is 0.404 e. The van der Waals surface area contributed by atoms with Gasteiger partial charge in [0, 0.05) is 25.6 Å². The minimum atomic E-state index is -0.981. The Bertz CT molecular complexity index is 620. The first-order valence-corrected chi connectivity index (χ1v) is 9.04. The Balaban J connectivity index is 1.56. The monoisotopic (exact) mass is 348 g/mol. The zero-order valence-electron chi connectivity index (χ0n) is 14.3. The number of halogens is 1. The summed E-state index contributed by atoms with van der Waals surface area (Å²) in [5, 5.41) is 11.7. The fraction of sp³-hybridized carbons (Fsp3) is 0.579. The van der Waals surface area contributed by atoms with Gasteiger partial charge in [0.05, 0.1) is 0 Å². The molecule has 1 aromatic rings. The largest absolute Gasteiger partial charge is 0.465 e. The van der Waals surface area contributed by atoms with Crippen LogP contribution in [0.3, 0.4) is 0 Å². The summed E-state index contributed by atoms with van der Waals surface area (Å²) in [6, 6.07) is 6.19. The van der Waals surface area contributed by atoms with Gasteiger partial charge in [0.15, 0.2) is 0 Å². The van der Waals surface area contributed by atoms with E-state index in [1.54, 1.807) is 12.1 Å². The molecular formula is C19H25FN2O3. The molecule has 136 valence electrons. The third-order valence-corrected chi connectivity index (χ3v) is 5.62. The van der Waals surface area contributed by atoms with Crippen LogP contribution in [0.5, 0.6) is 0 Å². The summed E-state index contributed by atoms with van der Waals surface area (Å²) in [5.41, 5.74) is 0.952. The smallest absolute Gasteiger partial charge is 0.404 e. The van der Waals surface area contributed by atoms with Gasteiger partial charge in [-0.3, -0.25) is 4.79 Å². The first kappa shape index (κ1) is 17.7. The Labute approximate surface area is 147 Å². The molecule has 0 bridgehead atoms. The summed E-state index contributed by atoms with van der Waals surface area (Å²) in [7, 11) is 0. The molecule has 3 rings (SSSR count). The fourth-order valence-electron chi connectivity index (χ4n) is 4.28. The van der Waals surface area contributed by atoms with E-state index in [4.69, 9.17) is 5.11 Å². The standard InChI is InChI=1S/C19H25FN2O3/c20-15-7-4-13(5-8-15)6-9-18(23)22-11-10-14-2-1-3-17(16(14)12-22)21-19(24)25/h4-5,7-8,14,16-17,21H,1-3,6,9-12H2,(H,24,25)/t14?,16?,17-/m0/s1. The number of benzene rings is 1. The van der Waals surface area contributed by atoms with Crippen molar-refractivity contribution in [1.29, 1.82) is 0 Å². The maximum atomic E-state index is 12.9. The molecule has 3 atom stereocenters. The molecule has 25 heavy (non-hydrogen) atoms. The lowest BCUT2D eigenvalue weighted by atomic mass is 9.72. The molecule has 2 N–H and O–H groups in total. The third kappa shape index (κ3) is 4.50. The Morgan fingerprint density at radius 1 is 1.20 bits per heavy atom. The number of hydrogen-bond acceptors (Lipinski definition) is 2. The summed E-state index contributed by atoms with van der Waals surface area (Å²) in [6.45, 7) is 1.39. The van der Waals surface area contributed by atoms with Crippen molar-refractivity contribution in [3.63, 3.8) is 0 Å². The van der Waals surface area contributed by atoms with Crippen molar-refractivity contribution in [2.75, 3.05) is 13.1 Å². The molecule has 0 spiro atoms. The molecule has 6 heteroatoms. The number of rotatable bonds is 4. The lowest BCUT2D eigenvalue weighted by molar-refractivity contribution is -0.134. The van der Waals surface area contributed by atoms with E-state index >= 15 is 0 Å². The van der Waals surface area contributed by atoms with Gasteiger partial charge < -0.3 is 15.3 Å². The number of nitrogens with zero attached hydrogens (tertiary/aromatic N) is 1. The van der Waals surface area contributed by atoms with E-state index in [2.05, 4.69) is 5.32 Å². The second kappa shape index (κ2) is 7.85. The Morgan fingerprint density at radius 3 is 2.68 bits per heavy atom. The number of hydrogen-bond donors (Lipinski definition) is 2. The molecule has 5 nitrogen and oxygen atoms in total. The number of piperidine rings is 1. The first-order chi connectivity index (χ1) is 12.0. The summed E-state index contributed by atoms with van der Waals surface area (Å²) in [4.78, 5) is 25.5. The van der Waals surface area contributed by atoms with Gasteiger partial charge in [-0.25, -0.2) is 9.18 Å². The lowest BCUT2D eigenvalue weighted by Crippen LogP contribution is -2.54. The SMILES string of the molecule is O=C(O)N[C@H]1CCCC2CCN(C(=O)CCc3ccc(F)cc3)CC21. The molecule has 1 aromatic carbocycles. The van der Waals surface area contributed by atoms with Gasteiger partial charge >= 0.3 is 6.09 Å². The topological polar surface area (TPSA) is 69.6 Å². The number of fused-ring (bicyclic) bond motifs is 1. The molecule has 2 fully saturated rings. The molecule has 2 unspecified atom stereocenters. The van der Waals surface area contributed by atoms with Crippen LogP contribution in [0.4, 0.5) is 9.18 Å². The van der Waals surface area contributed by atoms with E-state index in [-0.39, 0.29) is 23.7 Å². The number of carbonyl (C=O) groups is 2. The summed E-state index contributed by atoms with van der Waals surface area (Å²) in [5.74, 6) is 0.550. The second-order valence-corrected chi connectivity index (χ2v) is 7.17. The minimum Gasteiger partial charge on any atom is -0.465 e. The molecule has 2 aliphatic rings. The zero-order chi connectivity index (χ0) is 17.8. The average Bonchev–Trinajstić information content (AvgIpc) is 2.60. The van der Waals surface area contributed by atoms with Gasteiger partial charge in [-0.15, -0.1) is 0 Å². The van der Waals surface area contributed by atoms with Gasteiger partial charge in [-0.05, 0) is 55.2 Å². The van der Waals surface area contributed by atoms with Crippen molar-refractivity contribution in [1.82, 2.24) is 10.2 Å². The Kier molecular flexibility index (Phi) is 5.56. The van der Waals surface area contributed by atoms with Crippen molar-refractivity contribution in [3.8, 4) is 0 Å². The van der Waals surface area contributed by atoms with Crippen LogP contribution in [0.2, 0.25) is 0 Å². The van der Waals surface area contributed by atoms with Gasteiger partial charge in [-0.1, -0.05) is 18.6 Å². The highest BCUT2D eigenvalue weighted by molar-refractivity contribution is 5.76. The summed E-state index contributed by atoms with van der Waals surface area (Å²) in [6.07, 6.45) is 3.99. The highest BCUT2D eigenvalue weighted by Crippen LogP contribution is 2.36. The van der Waals surface area contributed by atoms with Crippen molar-refractivity contribution in [2.45, 2.75) is 44.6 Å². The zero-order valence-corrected chi connectivity index (χ0v) is 14.3. The van der Waals surface area contributed by atoms with Gasteiger partial charge in [0.1, 0.15) is 5.82 Å². The van der Waals surface area contributed by atoms with E-state index in [0.717, 1.165) is 37.8 Å². The fourth-order valence-corrected chi connectivity index (χ4v) is 4.28. The second-order valence-electron chi connectivity index (χ2n) is 7.17. The predicted molar refractivity (Wildman–Crippen MR) is 91.7 cm³/mol. The molecular weight excluding hydrogens is 323 g/mol. The molecule has 1 saturated heterocycles. The number of amides is 2. The minimum absolute atomic E-state index is 0.0519.